The van der Waals surface area contributed by atoms with E-state index in [4.69, 9.17) is 4.74 Å². The summed E-state index contributed by atoms with van der Waals surface area (Å²) >= 11 is 0. The smallest absolute Gasteiger partial charge is 0.264 e. The number of likely N-dealkylation sites (N-methyl/N-ethyl adjacent to an activating group) is 1. The van der Waals surface area contributed by atoms with Gasteiger partial charge >= 0.3 is 0 Å². The van der Waals surface area contributed by atoms with Crippen molar-refractivity contribution in [3.05, 3.63) is 53.1 Å². The first-order valence-corrected chi connectivity index (χ1v) is 14.1. The first kappa shape index (κ1) is 26.4. The Morgan fingerprint density at radius 3 is 2.44 bits per heavy atom. The SMILES string of the molecule is COc1ccc(S(=O)(=O)N2c3ccccc3[C@@H](C(=O)NCCCN3CCN(C)CC3)[C@H]2C)c(C)c1C. The summed E-state index contributed by atoms with van der Waals surface area (Å²) < 4.78 is 34.7. The lowest BCUT2D eigenvalue weighted by Gasteiger charge is -2.32. The Labute approximate surface area is 215 Å². The molecule has 1 saturated heterocycles. The lowest BCUT2D eigenvalue weighted by atomic mass is 9.95. The highest BCUT2D eigenvalue weighted by atomic mass is 32.2. The average molecular weight is 515 g/mol. The summed E-state index contributed by atoms with van der Waals surface area (Å²) in [6.45, 7) is 11.2. The van der Waals surface area contributed by atoms with E-state index in [1.54, 1.807) is 32.2 Å². The number of nitrogens with one attached hydrogen (secondary N) is 1. The summed E-state index contributed by atoms with van der Waals surface area (Å²) in [6, 6.07) is 10.1. The molecule has 1 amide bonds. The van der Waals surface area contributed by atoms with Crippen LogP contribution in [-0.2, 0) is 14.8 Å². The molecule has 2 aliphatic heterocycles. The van der Waals surface area contributed by atoms with E-state index in [0.717, 1.165) is 50.3 Å². The molecule has 2 heterocycles. The number of amides is 1. The molecule has 0 aromatic heterocycles. The Bertz CT molecular complexity index is 1210. The minimum absolute atomic E-state index is 0.131. The minimum Gasteiger partial charge on any atom is -0.496 e. The minimum atomic E-state index is -3.90. The second-order valence-corrected chi connectivity index (χ2v) is 11.7. The highest BCUT2D eigenvalue weighted by Gasteiger charge is 2.46. The van der Waals surface area contributed by atoms with Crippen molar-refractivity contribution in [3.63, 3.8) is 0 Å². The van der Waals surface area contributed by atoms with Gasteiger partial charge in [-0.05, 0) is 75.7 Å². The zero-order chi connectivity index (χ0) is 26.0. The number of benzene rings is 2. The zero-order valence-electron chi connectivity index (χ0n) is 22.0. The van der Waals surface area contributed by atoms with Crippen LogP contribution in [0.5, 0.6) is 5.75 Å². The number of para-hydroxylation sites is 1. The molecular weight excluding hydrogens is 476 g/mol. The van der Waals surface area contributed by atoms with Crippen LogP contribution < -0.4 is 14.4 Å². The topological polar surface area (TPSA) is 82.2 Å². The van der Waals surface area contributed by atoms with Crippen molar-refractivity contribution in [2.45, 2.75) is 44.0 Å². The van der Waals surface area contributed by atoms with E-state index in [2.05, 4.69) is 22.2 Å². The predicted molar refractivity (Wildman–Crippen MR) is 142 cm³/mol. The number of carbonyl (C=O) groups excluding carboxylic acids is 1. The third-order valence-electron chi connectivity index (χ3n) is 7.63. The Balaban J connectivity index is 1.51. The number of ether oxygens (including phenoxy) is 1. The summed E-state index contributed by atoms with van der Waals surface area (Å²) in [5, 5.41) is 3.08. The Morgan fingerprint density at radius 2 is 1.75 bits per heavy atom. The van der Waals surface area contributed by atoms with Crippen LogP contribution >= 0.6 is 0 Å². The third kappa shape index (κ3) is 4.96. The van der Waals surface area contributed by atoms with Gasteiger partial charge < -0.3 is 19.9 Å². The molecule has 1 fully saturated rings. The number of methoxy groups -OCH3 is 1. The Hall–Kier alpha value is -2.62. The maximum Gasteiger partial charge on any atom is 0.264 e. The monoisotopic (exact) mass is 514 g/mol. The number of hydrogen-bond acceptors (Lipinski definition) is 6. The molecule has 9 heteroatoms. The average Bonchev–Trinajstić information content (AvgIpc) is 3.16. The highest BCUT2D eigenvalue weighted by Crippen LogP contribution is 2.44. The van der Waals surface area contributed by atoms with Gasteiger partial charge in [-0.15, -0.1) is 0 Å². The fourth-order valence-electron chi connectivity index (χ4n) is 5.35. The van der Waals surface area contributed by atoms with E-state index in [0.29, 0.717) is 23.5 Å². The van der Waals surface area contributed by atoms with E-state index >= 15 is 0 Å². The standard InChI is InChI=1S/C27H38N4O4S/c1-19-20(2)25(12-11-24(19)35-5)36(33,34)31-21(3)26(22-9-6-7-10-23(22)31)27(32)28-13-8-14-30-17-15-29(4)16-18-30/h6-7,9-12,21,26H,8,13-18H2,1-5H3,(H,28,32)/t21-,26+/m1/s1. The first-order chi connectivity index (χ1) is 17.2. The lowest BCUT2D eigenvalue weighted by molar-refractivity contribution is -0.122. The fourth-order valence-corrected chi connectivity index (χ4v) is 7.32. The number of piperazine rings is 1. The van der Waals surface area contributed by atoms with E-state index in [-0.39, 0.29) is 10.8 Å². The Kier molecular flexibility index (Phi) is 7.92. The van der Waals surface area contributed by atoms with E-state index in [1.165, 1.54) is 4.31 Å². The van der Waals surface area contributed by atoms with Gasteiger partial charge in [-0.1, -0.05) is 18.2 Å². The molecule has 0 unspecified atom stereocenters. The van der Waals surface area contributed by atoms with Crippen molar-refractivity contribution < 1.29 is 17.9 Å². The summed E-state index contributed by atoms with van der Waals surface area (Å²) in [6.07, 6.45) is 0.866. The molecule has 196 valence electrons. The van der Waals surface area contributed by atoms with Crippen LogP contribution in [0, 0.1) is 13.8 Å². The van der Waals surface area contributed by atoms with Gasteiger partial charge in [-0.2, -0.15) is 0 Å². The normalized spacial score (nSPS) is 20.9. The van der Waals surface area contributed by atoms with Crippen LogP contribution in [0.15, 0.2) is 41.3 Å². The van der Waals surface area contributed by atoms with Crippen molar-refractivity contribution >= 4 is 21.6 Å². The molecule has 0 bridgehead atoms. The van der Waals surface area contributed by atoms with Crippen molar-refractivity contribution in [1.29, 1.82) is 0 Å². The number of hydrogen-bond donors (Lipinski definition) is 1. The molecule has 0 aliphatic carbocycles. The molecule has 0 saturated carbocycles. The van der Waals surface area contributed by atoms with Crippen LogP contribution in [-0.4, -0.2) is 83.6 Å². The molecule has 0 spiro atoms. The Morgan fingerprint density at radius 1 is 1.06 bits per heavy atom. The molecular formula is C27H38N4O4S. The predicted octanol–water partition coefficient (Wildman–Crippen LogP) is 2.75. The highest BCUT2D eigenvalue weighted by molar-refractivity contribution is 7.93. The number of sulfonamides is 1. The number of carbonyl (C=O) groups is 1. The summed E-state index contributed by atoms with van der Waals surface area (Å²) in [5.74, 6) is -0.0527. The van der Waals surface area contributed by atoms with Crippen LogP contribution in [0.1, 0.15) is 36.0 Å². The molecule has 2 aromatic carbocycles. The van der Waals surface area contributed by atoms with Crippen molar-refractivity contribution in [2.24, 2.45) is 0 Å². The van der Waals surface area contributed by atoms with Crippen LogP contribution in [0.3, 0.4) is 0 Å². The number of rotatable bonds is 8. The van der Waals surface area contributed by atoms with E-state index in [1.807, 2.05) is 32.0 Å². The quantitative estimate of drug-likeness (QED) is 0.546. The summed E-state index contributed by atoms with van der Waals surface area (Å²) in [7, 11) is -0.193. The second-order valence-electron chi connectivity index (χ2n) is 9.88. The number of nitrogens with zero attached hydrogens (tertiary/aromatic N) is 3. The summed E-state index contributed by atoms with van der Waals surface area (Å²) in [5.41, 5.74) is 2.74. The van der Waals surface area contributed by atoms with Crippen LogP contribution in [0.4, 0.5) is 5.69 Å². The molecule has 4 rings (SSSR count). The van der Waals surface area contributed by atoms with Gasteiger partial charge in [0, 0.05) is 32.7 Å². The van der Waals surface area contributed by atoms with Gasteiger partial charge in [0.2, 0.25) is 5.91 Å². The van der Waals surface area contributed by atoms with Gasteiger partial charge in [0.05, 0.1) is 29.7 Å². The first-order valence-electron chi connectivity index (χ1n) is 12.6. The fraction of sp³-hybridized carbons (Fsp3) is 0.519. The molecule has 2 atom stereocenters. The molecule has 1 N–H and O–H groups in total. The second kappa shape index (κ2) is 10.8. The molecule has 2 aromatic rings. The molecule has 8 nitrogen and oxygen atoms in total. The van der Waals surface area contributed by atoms with Crippen LogP contribution in [0.2, 0.25) is 0 Å². The van der Waals surface area contributed by atoms with Gasteiger partial charge in [0.15, 0.2) is 0 Å². The largest absolute Gasteiger partial charge is 0.496 e. The molecule has 0 radical (unpaired) electrons. The summed E-state index contributed by atoms with van der Waals surface area (Å²) in [4.78, 5) is 18.3. The third-order valence-corrected chi connectivity index (χ3v) is 9.68. The van der Waals surface area contributed by atoms with E-state index in [9.17, 15) is 13.2 Å². The van der Waals surface area contributed by atoms with Crippen LogP contribution in [0.25, 0.3) is 0 Å². The van der Waals surface area contributed by atoms with Crippen molar-refractivity contribution in [3.8, 4) is 5.75 Å². The molecule has 36 heavy (non-hydrogen) atoms. The zero-order valence-corrected chi connectivity index (χ0v) is 22.8. The van der Waals surface area contributed by atoms with Gasteiger partial charge in [-0.3, -0.25) is 9.10 Å². The lowest BCUT2D eigenvalue weighted by Crippen LogP contribution is -2.45. The van der Waals surface area contributed by atoms with Gasteiger partial charge in [0.1, 0.15) is 5.75 Å². The van der Waals surface area contributed by atoms with Gasteiger partial charge in [0.25, 0.3) is 10.0 Å². The van der Waals surface area contributed by atoms with Crippen molar-refractivity contribution in [2.75, 3.05) is 57.7 Å². The van der Waals surface area contributed by atoms with Crippen molar-refractivity contribution in [1.82, 2.24) is 15.1 Å². The van der Waals surface area contributed by atoms with E-state index < -0.39 is 22.0 Å². The number of fused-ring (bicyclic) bond motifs is 1. The maximum absolute atomic E-state index is 14.0. The number of anilines is 1. The van der Waals surface area contributed by atoms with Gasteiger partial charge in [-0.25, -0.2) is 8.42 Å². The maximum atomic E-state index is 14.0. The molecule has 2 aliphatic rings.